The summed E-state index contributed by atoms with van der Waals surface area (Å²) in [4.78, 5) is 0. The van der Waals surface area contributed by atoms with Gasteiger partial charge in [-0.15, -0.1) is 0 Å². The molecule has 1 N–H and O–H groups in total. The van der Waals surface area contributed by atoms with Crippen molar-refractivity contribution < 1.29 is 9.13 Å². The van der Waals surface area contributed by atoms with Crippen molar-refractivity contribution in [1.29, 1.82) is 0 Å². The Morgan fingerprint density at radius 1 is 1.22 bits per heavy atom. The zero-order chi connectivity index (χ0) is 12.8. The Hall–Kier alpha value is -1.09. The SMILES string of the molecule is COc1ccc(CNC2CCCCCC2)cc1F. The quantitative estimate of drug-likeness (QED) is 0.825. The van der Waals surface area contributed by atoms with Crippen molar-refractivity contribution in [2.75, 3.05) is 7.11 Å². The molecule has 1 aromatic carbocycles. The molecule has 0 heterocycles. The molecule has 1 fully saturated rings. The van der Waals surface area contributed by atoms with Crippen molar-refractivity contribution in [2.45, 2.75) is 51.1 Å². The summed E-state index contributed by atoms with van der Waals surface area (Å²) in [5.41, 5.74) is 0.984. The number of hydrogen-bond acceptors (Lipinski definition) is 2. The average molecular weight is 251 g/mol. The van der Waals surface area contributed by atoms with Crippen LogP contribution in [0.1, 0.15) is 44.1 Å². The van der Waals surface area contributed by atoms with Gasteiger partial charge in [-0.3, -0.25) is 0 Å². The number of methoxy groups -OCH3 is 1. The van der Waals surface area contributed by atoms with E-state index in [1.165, 1.54) is 45.6 Å². The largest absolute Gasteiger partial charge is 0.494 e. The van der Waals surface area contributed by atoms with Crippen LogP contribution in [0.3, 0.4) is 0 Å². The maximum atomic E-state index is 13.5. The average Bonchev–Trinajstić information content (AvgIpc) is 2.65. The summed E-state index contributed by atoms with van der Waals surface area (Å²) >= 11 is 0. The summed E-state index contributed by atoms with van der Waals surface area (Å²) in [6, 6.07) is 5.77. The van der Waals surface area contributed by atoms with E-state index >= 15 is 0 Å². The Balaban J connectivity index is 1.87. The molecule has 0 atom stereocenters. The summed E-state index contributed by atoms with van der Waals surface area (Å²) in [5.74, 6) is 0.0332. The lowest BCUT2D eigenvalue weighted by Gasteiger charge is -2.16. The highest BCUT2D eigenvalue weighted by atomic mass is 19.1. The number of ether oxygens (including phenoxy) is 1. The Labute approximate surface area is 109 Å². The van der Waals surface area contributed by atoms with Gasteiger partial charge in [0.25, 0.3) is 0 Å². The zero-order valence-electron chi connectivity index (χ0n) is 11.0. The second-order valence-electron chi connectivity index (χ2n) is 5.04. The number of nitrogens with one attached hydrogen (secondary N) is 1. The summed E-state index contributed by atoms with van der Waals surface area (Å²) in [6.07, 6.45) is 7.84. The minimum Gasteiger partial charge on any atom is -0.494 e. The van der Waals surface area contributed by atoms with E-state index in [2.05, 4.69) is 5.32 Å². The summed E-state index contributed by atoms with van der Waals surface area (Å²) in [7, 11) is 1.49. The first-order chi connectivity index (χ1) is 8.79. The van der Waals surface area contributed by atoms with Gasteiger partial charge in [-0.1, -0.05) is 31.7 Å². The van der Waals surface area contributed by atoms with Crippen LogP contribution >= 0.6 is 0 Å². The first kappa shape index (κ1) is 13.3. The molecule has 2 nitrogen and oxygen atoms in total. The lowest BCUT2D eigenvalue weighted by atomic mass is 10.1. The number of rotatable bonds is 4. The Kier molecular flexibility index (Phi) is 5.00. The third kappa shape index (κ3) is 3.70. The fourth-order valence-electron chi connectivity index (χ4n) is 2.57. The van der Waals surface area contributed by atoms with Gasteiger partial charge in [0, 0.05) is 12.6 Å². The predicted octanol–water partition coefficient (Wildman–Crippen LogP) is 3.65. The lowest BCUT2D eigenvalue weighted by molar-refractivity contribution is 0.385. The number of halogens is 1. The summed E-state index contributed by atoms with van der Waals surface area (Å²) in [6.45, 7) is 0.742. The summed E-state index contributed by atoms with van der Waals surface area (Å²) in [5, 5.41) is 3.54. The van der Waals surface area contributed by atoms with Gasteiger partial charge in [0.2, 0.25) is 0 Å². The normalized spacial score (nSPS) is 17.4. The van der Waals surface area contributed by atoms with Crippen LogP contribution in [0.2, 0.25) is 0 Å². The standard InChI is InChI=1S/C15H22FNO/c1-18-15-9-8-12(10-14(15)16)11-17-13-6-4-2-3-5-7-13/h8-10,13,17H,2-7,11H2,1H3. The van der Waals surface area contributed by atoms with Crippen LogP contribution in [-0.2, 0) is 6.54 Å². The minimum absolute atomic E-state index is 0.280. The molecule has 18 heavy (non-hydrogen) atoms. The molecule has 1 aliphatic rings. The lowest BCUT2D eigenvalue weighted by Crippen LogP contribution is -2.27. The molecule has 0 unspecified atom stereocenters. The van der Waals surface area contributed by atoms with E-state index in [9.17, 15) is 4.39 Å². The second-order valence-corrected chi connectivity index (χ2v) is 5.04. The highest BCUT2D eigenvalue weighted by Gasteiger charge is 2.11. The fourth-order valence-corrected chi connectivity index (χ4v) is 2.57. The van der Waals surface area contributed by atoms with Gasteiger partial charge in [-0.05, 0) is 30.5 Å². The van der Waals surface area contributed by atoms with Crippen molar-refractivity contribution in [3.8, 4) is 5.75 Å². The van der Waals surface area contributed by atoms with E-state index in [1.54, 1.807) is 12.1 Å². The first-order valence-electron chi connectivity index (χ1n) is 6.85. The van der Waals surface area contributed by atoms with Gasteiger partial charge in [0.1, 0.15) is 0 Å². The molecule has 3 heteroatoms. The number of benzene rings is 1. The molecule has 1 aliphatic carbocycles. The van der Waals surface area contributed by atoms with Gasteiger partial charge in [-0.25, -0.2) is 4.39 Å². The molecule has 0 spiro atoms. The Morgan fingerprint density at radius 2 is 1.94 bits per heavy atom. The van der Waals surface area contributed by atoms with Crippen LogP contribution in [0.15, 0.2) is 18.2 Å². The first-order valence-corrected chi connectivity index (χ1v) is 6.85. The predicted molar refractivity (Wildman–Crippen MR) is 71.3 cm³/mol. The van der Waals surface area contributed by atoms with Crippen LogP contribution in [0.5, 0.6) is 5.75 Å². The number of hydrogen-bond donors (Lipinski definition) is 1. The highest BCUT2D eigenvalue weighted by Crippen LogP contribution is 2.20. The van der Waals surface area contributed by atoms with E-state index in [4.69, 9.17) is 4.74 Å². The maximum absolute atomic E-state index is 13.5. The van der Waals surface area contributed by atoms with E-state index in [0.29, 0.717) is 11.8 Å². The van der Waals surface area contributed by atoms with Crippen molar-refractivity contribution in [3.63, 3.8) is 0 Å². The van der Waals surface area contributed by atoms with Gasteiger partial charge in [0.05, 0.1) is 7.11 Å². The fraction of sp³-hybridized carbons (Fsp3) is 0.600. The molecule has 0 bridgehead atoms. The van der Waals surface area contributed by atoms with Gasteiger partial charge in [-0.2, -0.15) is 0 Å². The van der Waals surface area contributed by atoms with Crippen molar-refractivity contribution in [2.24, 2.45) is 0 Å². The zero-order valence-corrected chi connectivity index (χ0v) is 11.0. The molecule has 0 aliphatic heterocycles. The maximum Gasteiger partial charge on any atom is 0.165 e. The van der Waals surface area contributed by atoms with Gasteiger partial charge < -0.3 is 10.1 Å². The molecular formula is C15H22FNO. The van der Waals surface area contributed by atoms with E-state index < -0.39 is 0 Å². The van der Waals surface area contributed by atoms with Crippen molar-refractivity contribution in [1.82, 2.24) is 5.32 Å². The molecule has 2 rings (SSSR count). The van der Waals surface area contributed by atoms with Crippen molar-refractivity contribution >= 4 is 0 Å². The Bertz CT molecular complexity index is 373. The van der Waals surface area contributed by atoms with E-state index in [0.717, 1.165) is 12.1 Å². The Morgan fingerprint density at radius 3 is 2.56 bits per heavy atom. The van der Waals surface area contributed by atoms with Crippen LogP contribution in [0.4, 0.5) is 4.39 Å². The molecule has 1 saturated carbocycles. The molecule has 100 valence electrons. The van der Waals surface area contributed by atoms with E-state index in [-0.39, 0.29) is 5.82 Å². The molecule has 1 aromatic rings. The molecule has 0 aromatic heterocycles. The third-order valence-corrected chi connectivity index (χ3v) is 3.67. The summed E-state index contributed by atoms with van der Waals surface area (Å²) < 4.78 is 18.4. The minimum atomic E-state index is -0.280. The van der Waals surface area contributed by atoms with Crippen molar-refractivity contribution in [3.05, 3.63) is 29.6 Å². The highest BCUT2D eigenvalue weighted by molar-refractivity contribution is 5.29. The van der Waals surface area contributed by atoms with Crippen LogP contribution in [-0.4, -0.2) is 13.2 Å². The van der Waals surface area contributed by atoms with Gasteiger partial charge in [0.15, 0.2) is 11.6 Å². The molecular weight excluding hydrogens is 229 g/mol. The third-order valence-electron chi connectivity index (χ3n) is 3.67. The monoisotopic (exact) mass is 251 g/mol. The second kappa shape index (κ2) is 6.74. The molecule has 0 saturated heterocycles. The topological polar surface area (TPSA) is 21.3 Å². The van der Waals surface area contributed by atoms with Crippen LogP contribution in [0.25, 0.3) is 0 Å². The molecule has 0 amide bonds. The van der Waals surface area contributed by atoms with Crippen LogP contribution in [0, 0.1) is 5.82 Å². The molecule has 0 radical (unpaired) electrons. The van der Waals surface area contributed by atoms with Crippen LogP contribution < -0.4 is 10.1 Å². The van der Waals surface area contributed by atoms with Gasteiger partial charge >= 0.3 is 0 Å². The smallest absolute Gasteiger partial charge is 0.165 e. The van der Waals surface area contributed by atoms with E-state index in [1.807, 2.05) is 6.07 Å².